The number of primary amides is 1. The number of piperidine rings is 1. The smallest absolute Gasteiger partial charge is 0.237 e. The van der Waals surface area contributed by atoms with Crippen molar-refractivity contribution in [2.75, 3.05) is 32.7 Å². The number of nitrogens with one attached hydrogen (secondary N) is 1. The van der Waals surface area contributed by atoms with E-state index in [-0.39, 0.29) is 17.4 Å². The fraction of sp³-hybridized carbons (Fsp3) is 0.882. The van der Waals surface area contributed by atoms with Gasteiger partial charge in [-0.15, -0.1) is 0 Å². The van der Waals surface area contributed by atoms with Crippen molar-refractivity contribution in [3.05, 3.63) is 0 Å². The zero-order valence-electron chi connectivity index (χ0n) is 14.2. The summed E-state index contributed by atoms with van der Waals surface area (Å²) in [5.74, 6) is 0.607. The van der Waals surface area contributed by atoms with Crippen LogP contribution in [0.25, 0.3) is 0 Å². The number of hydrogen-bond acceptors (Lipinski definition) is 4. The minimum Gasteiger partial charge on any atom is -0.368 e. The molecular formula is C17H30N4O2. The van der Waals surface area contributed by atoms with Crippen molar-refractivity contribution >= 4 is 11.8 Å². The predicted octanol–water partition coefficient (Wildman–Crippen LogP) is 0.317. The second-order valence-corrected chi connectivity index (χ2v) is 7.50. The third-order valence-electron chi connectivity index (χ3n) is 6.16. The van der Waals surface area contributed by atoms with E-state index in [4.69, 9.17) is 5.73 Å². The molecule has 23 heavy (non-hydrogen) atoms. The van der Waals surface area contributed by atoms with Crippen LogP contribution >= 0.6 is 0 Å². The first kappa shape index (κ1) is 16.7. The molecule has 0 unspecified atom stereocenters. The minimum absolute atomic E-state index is 0.132. The molecule has 0 aliphatic carbocycles. The first-order chi connectivity index (χ1) is 11.0. The van der Waals surface area contributed by atoms with Gasteiger partial charge < -0.3 is 16.0 Å². The van der Waals surface area contributed by atoms with Gasteiger partial charge >= 0.3 is 0 Å². The molecule has 0 aromatic rings. The van der Waals surface area contributed by atoms with Gasteiger partial charge in [-0.2, -0.15) is 0 Å². The Balaban J connectivity index is 1.44. The van der Waals surface area contributed by atoms with Gasteiger partial charge in [0.15, 0.2) is 0 Å². The maximum Gasteiger partial charge on any atom is 0.237 e. The lowest BCUT2D eigenvalue weighted by atomic mass is 9.87. The Morgan fingerprint density at radius 1 is 1.26 bits per heavy atom. The molecule has 2 amide bonds. The summed E-state index contributed by atoms with van der Waals surface area (Å²) in [5, 5.41) is 3.53. The molecule has 0 radical (unpaired) electrons. The van der Waals surface area contributed by atoms with Crippen LogP contribution in [0.15, 0.2) is 0 Å². The van der Waals surface area contributed by atoms with Gasteiger partial charge in [0.05, 0.1) is 0 Å². The minimum atomic E-state index is -0.372. The fourth-order valence-corrected chi connectivity index (χ4v) is 4.83. The normalized spacial score (nSPS) is 34.0. The summed E-state index contributed by atoms with van der Waals surface area (Å²) >= 11 is 0. The Kier molecular flexibility index (Phi) is 4.92. The van der Waals surface area contributed by atoms with E-state index in [0.717, 1.165) is 64.8 Å². The lowest BCUT2D eigenvalue weighted by Gasteiger charge is -2.42. The SMILES string of the molecule is CC(=O)N1CC[C@@H](CNCCN2[C@@H]3CCC[C@@]2(C(N)=O)CC3)C1. The van der Waals surface area contributed by atoms with Crippen LogP contribution in [-0.4, -0.2) is 65.9 Å². The Morgan fingerprint density at radius 2 is 2.09 bits per heavy atom. The van der Waals surface area contributed by atoms with Crippen molar-refractivity contribution in [2.45, 2.75) is 57.0 Å². The Morgan fingerprint density at radius 3 is 2.78 bits per heavy atom. The third-order valence-corrected chi connectivity index (χ3v) is 6.16. The van der Waals surface area contributed by atoms with Crippen molar-refractivity contribution in [1.29, 1.82) is 0 Å². The van der Waals surface area contributed by atoms with Crippen LogP contribution in [0.1, 0.15) is 45.4 Å². The van der Waals surface area contributed by atoms with Crippen LogP contribution in [0.2, 0.25) is 0 Å². The molecule has 3 aliphatic heterocycles. The van der Waals surface area contributed by atoms with Crippen molar-refractivity contribution in [2.24, 2.45) is 11.7 Å². The molecule has 2 bridgehead atoms. The van der Waals surface area contributed by atoms with E-state index in [0.29, 0.717) is 12.0 Å². The first-order valence-corrected chi connectivity index (χ1v) is 9.06. The molecule has 0 aromatic heterocycles. The summed E-state index contributed by atoms with van der Waals surface area (Å²) in [6, 6.07) is 0.540. The van der Waals surface area contributed by atoms with Gasteiger partial charge in [-0.25, -0.2) is 0 Å². The summed E-state index contributed by atoms with van der Waals surface area (Å²) in [7, 11) is 0. The number of likely N-dealkylation sites (tertiary alicyclic amines) is 1. The topological polar surface area (TPSA) is 78.7 Å². The highest BCUT2D eigenvalue weighted by Crippen LogP contribution is 2.43. The highest BCUT2D eigenvalue weighted by Gasteiger charge is 2.52. The molecule has 6 heteroatoms. The summed E-state index contributed by atoms with van der Waals surface area (Å²) in [6.45, 7) is 6.15. The largest absolute Gasteiger partial charge is 0.368 e. The van der Waals surface area contributed by atoms with E-state index in [2.05, 4.69) is 10.2 Å². The second-order valence-electron chi connectivity index (χ2n) is 7.50. The van der Waals surface area contributed by atoms with E-state index in [1.807, 2.05) is 4.90 Å². The quantitative estimate of drug-likeness (QED) is 0.690. The molecule has 3 heterocycles. The van der Waals surface area contributed by atoms with Crippen LogP contribution in [0, 0.1) is 5.92 Å². The van der Waals surface area contributed by atoms with Gasteiger partial charge in [-0.05, 0) is 51.0 Å². The number of hydrogen-bond donors (Lipinski definition) is 2. The molecule has 0 spiro atoms. The van der Waals surface area contributed by atoms with E-state index in [9.17, 15) is 9.59 Å². The Hall–Kier alpha value is -1.14. The molecule has 3 atom stereocenters. The molecule has 130 valence electrons. The predicted molar refractivity (Wildman–Crippen MR) is 88.7 cm³/mol. The summed E-state index contributed by atoms with van der Waals surface area (Å²) in [6.07, 6.45) is 6.38. The average molecular weight is 322 g/mol. The van der Waals surface area contributed by atoms with Crippen molar-refractivity contribution in [3.8, 4) is 0 Å². The van der Waals surface area contributed by atoms with E-state index >= 15 is 0 Å². The van der Waals surface area contributed by atoms with Crippen LogP contribution in [0.3, 0.4) is 0 Å². The van der Waals surface area contributed by atoms with E-state index < -0.39 is 0 Å². The molecule has 3 fully saturated rings. The van der Waals surface area contributed by atoms with E-state index in [1.54, 1.807) is 6.92 Å². The molecule has 0 saturated carbocycles. The highest BCUT2D eigenvalue weighted by molar-refractivity contribution is 5.85. The molecule has 6 nitrogen and oxygen atoms in total. The molecule has 3 saturated heterocycles. The molecule has 0 aromatic carbocycles. The molecular weight excluding hydrogens is 292 g/mol. The monoisotopic (exact) mass is 322 g/mol. The molecule has 3 rings (SSSR count). The summed E-state index contributed by atoms with van der Waals surface area (Å²) in [5.41, 5.74) is 5.37. The number of carbonyl (C=O) groups excluding carboxylic acids is 2. The zero-order valence-corrected chi connectivity index (χ0v) is 14.2. The Bertz CT molecular complexity index is 466. The van der Waals surface area contributed by atoms with Crippen molar-refractivity contribution in [1.82, 2.24) is 15.1 Å². The number of rotatable bonds is 6. The lowest BCUT2D eigenvalue weighted by Crippen LogP contribution is -2.59. The number of nitrogens with two attached hydrogens (primary N) is 1. The van der Waals surface area contributed by atoms with Gasteiger partial charge in [-0.3, -0.25) is 14.5 Å². The van der Waals surface area contributed by atoms with Gasteiger partial charge in [0.2, 0.25) is 11.8 Å². The average Bonchev–Trinajstić information content (AvgIpc) is 3.05. The van der Waals surface area contributed by atoms with E-state index in [1.165, 1.54) is 6.42 Å². The second kappa shape index (κ2) is 6.77. The number of nitrogens with zero attached hydrogens (tertiary/aromatic N) is 2. The van der Waals surface area contributed by atoms with Crippen LogP contribution in [0.4, 0.5) is 0 Å². The number of carbonyl (C=O) groups is 2. The van der Waals surface area contributed by atoms with Gasteiger partial charge in [-0.1, -0.05) is 0 Å². The third kappa shape index (κ3) is 3.24. The standard InChI is InChI=1S/C17H30N4O2/c1-13(22)20-9-5-14(12-20)11-19-8-10-21-15-3-2-6-17(21,7-4-15)16(18)23/h14-15,19H,2-12H2,1H3,(H2,18,23)/t14-,15+,17-/m0/s1. The van der Waals surface area contributed by atoms with Gasteiger partial charge in [0, 0.05) is 39.1 Å². The molecule has 3 N–H and O–H groups in total. The maximum absolute atomic E-state index is 12.0. The molecule has 3 aliphatic rings. The highest BCUT2D eigenvalue weighted by atomic mass is 16.2. The lowest BCUT2D eigenvalue weighted by molar-refractivity contribution is -0.131. The fourth-order valence-electron chi connectivity index (χ4n) is 4.83. The van der Waals surface area contributed by atoms with Crippen molar-refractivity contribution in [3.63, 3.8) is 0 Å². The number of fused-ring (bicyclic) bond motifs is 2. The maximum atomic E-state index is 12.0. The van der Waals surface area contributed by atoms with Gasteiger partial charge in [0.1, 0.15) is 5.54 Å². The van der Waals surface area contributed by atoms with Crippen LogP contribution in [-0.2, 0) is 9.59 Å². The van der Waals surface area contributed by atoms with Crippen LogP contribution < -0.4 is 11.1 Å². The zero-order chi connectivity index (χ0) is 16.4. The van der Waals surface area contributed by atoms with Crippen molar-refractivity contribution < 1.29 is 9.59 Å². The van der Waals surface area contributed by atoms with Gasteiger partial charge in [0.25, 0.3) is 0 Å². The first-order valence-electron chi connectivity index (χ1n) is 9.06. The number of amides is 2. The summed E-state index contributed by atoms with van der Waals surface area (Å²) < 4.78 is 0. The summed E-state index contributed by atoms with van der Waals surface area (Å²) in [4.78, 5) is 27.7. The Labute approximate surface area is 138 Å². The van der Waals surface area contributed by atoms with Crippen LogP contribution in [0.5, 0.6) is 0 Å².